The Morgan fingerprint density at radius 3 is 2.42 bits per heavy atom. The number of anilines is 1. The average molecular weight is 344 g/mol. The highest BCUT2D eigenvalue weighted by atomic mass is 32.2. The number of hydrogen-bond acceptors (Lipinski definition) is 5. The molecule has 2 aromatic carbocycles. The van der Waals surface area contributed by atoms with Crippen LogP contribution in [0.25, 0.3) is 11.1 Å². The standard InChI is InChI=1S/C17H16N2O4S/c1-12-11-17(23-18-12)19-24(20,21)14-9-7-13(8-10-14)15-5-3-4-6-16(15)22-2/h3-11,19H,1-2H3. The maximum absolute atomic E-state index is 12.4. The van der Waals surface area contributed by atoms with Gasteiger partial charge in [0.25, 0.3) is 10.0 Å². The van der Waals surface area contributed by atoms with Crippen LogP contribution in [-0.2, 0) is 10.0 Å². The van der Waals surface area contributed by atoms with Gasteiger partial charge in [-0.25, -0.2) is 13.1 Å². The van der Waals surface area contributed by atoms with E-state index in [1.165, 1.54) is 18.2 Å². The van der Waals surface area contributed by atoms with Gasteiger partial charge in [-0.1, -0.05) is 35.5 Å². The maximum atomic E-state index is 12.4. The Labute approximate surface area is 140 Å². The van der Waals surface area contributed by atoms with Crippen LogP contribution in [0.3, 0.4) is 0 Å². The third-order valence-corrected chi connectivity index (χ3v) is 4.81. The fourth-order valence-corrected chi connectivity index (χ4v) is 3.27. The number of methoxy groups -OCH3 is 1. The van der Waals surface area contributed by atoms with Crippen LogP contribution < -0.4 is 9.46 Å². The Morgan fingerprint density at radius 1 is 1.08 bits per heavy atom. The fourth-order valence-electron chi connectivity index (χ4n) is 2.30. The van der Waals surface area contributed by atoms with Gasteiger partial charge in [-0.15, -0.1) is 0 Å². The number of aromatic nitrogens is 1. The van der Waals surface area contributed by atoms with E-state index < -0.39 is 10.0 Å². The first kappa shape index (κ1) is 16.1. The van der Waals surface area contributed by atoms with Crippen LogP contribution in [0.5, 0.6) is 5.75 Å². The van der Waals surface area contributed by atoms with E-state index in [1.807, 2.05) is 24.3 Å². The lowest BCUT2D eigenvalue weighted by molar-refractivity contribution is 0.416. The van der Waals surface area contributed by atoms with Crippen LogP contribution in [0.15, 0.2) is 64.0 Å². The summed E-state index contributed by atoms with van der Waals surface area (Å²) in [6, 6.07) is 15.6. The van der Waals surface area contributed by atoms with E-state index in [-0.39, 0.29) is 10.8 Å². The van der Waals surface area contributed by atoms with Crippen molar-refractivity contribution in [3.63, 3.8) is 0 Å². The molecule has 1 aromatic heterocycles. The van der Waals surface area contributed by atoms with Crippen molar-refractivity contribution in [2.24, 2.45) is 0 Å². The van der Waals surface area contributed by atoms with Crippen LogP contribution in [0.1, 0.15) is 5.69 Å². The van der Waals surface area contributed by atoms with E-state index in [0.29, 0.717) is 5.69 Å². The van der Waals surface area contributed by atoms with Gasteiger partial charge in [-0.05, 0) is 30.7 Å². The number of aryl methyl sites for hydroxylation is 1. The molecule has 0 aliphatic heterocycles. The summed E-state index contributed by atoms with van der Waals surface area (Å²) in [6.45, 7) is 1.71. The summed E-state index contributed by atoms with van der Waals surface area (Å²) in [5.41, 5.74) is 2.35. The zero-order valence-corrected chi connectivity index (χ0v) is 14.0. The average Bonchev–Trinajstić information content (AvgIpc) is 2.99. The Morgan fingerprint density at radius 2 is 1.79 bits per heavy atom. The third-order valence-electron chi connectivity index (χ3n) is 3.45. The predicted molar refractivity (Wildman–Crippen MR) is 90.5 cm³/mol. The highest BCUT2D eigenvalue weighted by molar-refractivity contribution is 7.92. The molecule has 124 valence electrons. The minimum absolute atomic E-state index is 0.0845. The number of sulfonamides is 1. The van der Waals surface area contributed by atoms with Gasteiger partial charge in [0.15, 0.2) is 0 Å². The van der Waals surface area contributed by atoms with Crippen molar-refractivity contribution in [1.29, 1.82) is 0 Å². The van der Waals surface area contributed by atoms with Gasteiger partial charge < -0.3 is 9.26 Å². The Kier molecular flexibility index (Phi) is 4.26. The summed E-state index contributed by atoms with van der Waals surface area (Å²) in [5, 5.41) is 3.65. The van der Waals surface area contributed by atoms with E-state index >= 15 is 0 Å². The molecule has 0 unspecified atom stereocenters. The minimum atomic E-state index is -3.73. The van der Waals surface area contributed by atoms with Gasteiger partial charge >= 0.3 is 0 Å². The lowest BCUT2D eigenvalue weighted by Crippen LogP contribution is -2.12. The first-order valence-corrected chi connectivity index (χ1v) is 8.67. The molecule has 0 aliphatic carbocycles. The van der Waals surface area contributed by atoms with Crippen LogP contribution in [0.2, 0.25) is 0 Å². The zero-order chi connectivity index (χ0) is 17.2. The summed E-state index contributed by atoms with van der Waals surface area (Å²) in [7, 11) is -2.13. The van der Waals surface area contributed by atoms with Crippen LogP contribution in [0.4, 0.5) is 5.88 Å². The highest BCUT2D eigenvalue weighted by Crippen LogP contribution is 2.30. The molecule has 24 heavy (non-hydrogen) atoms. The molecule has 0 radical (unpaired) electrons. The van der Waals surface area contributed by atoms with E-state index in [9.17, 15) is 8.42 Å². The lowest BCUT2D eigenvalue weighted by atomic mass is 10.1. The minimum Gasteiger partial charge on any atom is -0.496 e. The molecule has 0 atom stereocenters. The molecular formula is C17H16N2O4S. The molecule has 0 spiro atoms. The molecule has 0 saturated carbocycles. The predicted octanol–water partition coefficient (Wildman–Crippen LogP) is 3.46. The van der Waals surface area contributed by atoms with Crippen molar-refractivity contribution in [3.8, 4) is 16.9 Å². The molecule has 3 aromatic rings. The second kappa shape index (κ2) is 6.37. The quantitative estimate of drug-likeness (QED) is 0.766. The Balaban J connectivity index is 1.88. The van der Waals surface area contributed by atoms with Crippen molar-refractivity contribution in [3.05, 3.63) is 60.3 Å². The number of para-hydroxylation sites is 1. The number of nitrogens with zero attached hydrogens (tertiary/aromatic N) is 1. The molecule has 0 aliphatic rings. The van der Waals surface area contributed by atoms with Crippen molar-refractivity contribution >= 4 is 15.9 Å². The van der Waals surface area contributed by atoms with Crippen molar-refractivity contribution in [1.82, 2.24) is 5.16 Å². The SMILES string of the molecule is COc1ccccc1-c1ccc(S(=O)(=O)Nc2cc(C)no2)cc1. The topological polar surface area (TPSA) is 81.4 Å². The van der Waals surface area contributed by atoms with E-state index in [4.69, 9.17) is 9.26 Å². The van der Waals surface area contributed by atoms with Gasteiger partial charge in [-0.3, -0.25) is 0 Å². The summed E-state index contributed by atoms with van der Waals surface area (Å²) < 4.78 is 37.3. The lowest BCUT2D eigenvalue weighted by Gasteiger charge is -2.09. The number of rotatable bonds is 5. The summed E-state index contributed by atoms with van der Waals surface area (Å²) in [6.07, 6.45) is 0. The molecule has 1 heterocycles. The second-order valence-corrected chi connectivity index (χ2v) is 6.85. The second-order valence-electron chi connectivity index (χ2n) is 5.16. The number of nitrogens with one attached hydrogen (secondary N) is 1. The molecule has 0 fully saturated rings. The molecule has 3 rings (SSSR count). The fraction of sp³-hybridized carbons (Fsp3) is 0.118. The third kappa shape index (κ3) is 3.26. The molecular weight excluding hydrogens is 328 g/mol. The monoisotopic (exact) mass is 344 g/mol. The molecule has 0 saturated heterocycles. The van der Waals surface area contributed by atoms with Crippen molar-refractivity contribution < 1.29 is 17.7 Å². The number of hydrogen-bond donors (Lipinski definition) is 1. The van der Waals surface area contributed by atoms with Gasteiger partial charge in [0.05, 0.1) is 17.7 Å². The van der Waals surface area contributed by atoms with Crippen LogP contribution in [0, 0.1) is 6.92 Å². The number of ether oxygens (including phenoxy) is 1. The first-order valence-electron chi connectivity index (χ1n) is 7.19. The van der Waals surface area contributed by atoms with Crippen molar-refractivity contribution in [2.75, 3.05) is 11.8 Å². The smallest absolute Gasteiger partial charge is 0.264 e. The van der Waals surface area contributed by atoms with E-state index in [1.54, 1.807) is 26.2 Å². The van der Waals surface area contributed by atoms with Crippen molar-refractivity contribution in [2.45, 2.75) is 11.8 Å². The van der Waals surface area contributed by atoms with E-state index in [2.05, 4.69) is 9.88 Å². The molecule has 0 bridgehead atoms. The summed E-state index contributed by atoms with van der Waals surface area (Å²) in [5.74, 6) is 0.810. The highest BCUT2D eigenvalue weighted by Gasteiger charge is 2.17. The maximum Gasteiger partial charge on any atom is 0.264 e. The van der Waals surface area contributed by atoms with Crippen LogP contribution >= 0.6 is 0 Å². The Bertz CT molecular complexity index is 947. The first-order chi connectivity index (χ1) is 11.5. The van der Waals surface area contributed by atoms with Crippen LogP contribution in [-0.4, -0.2) is 20.7 Å². The van der Waals surface area contributed by atoms with Gasteiger partial charge in [0.2, 0.25) is 5.88 Å². The summed E-state index contributed by atoms with van der Waals surface area (Å²) >= 11 is 0. The number of benzene rings is 2. The normalized spacial score (nSPS) is 11.2. The van der Waals surface area contributed by atoms with Gasteiger partial charge in [0, 0.05) is 11.6 Å². The van der Waals surface area contributed by atoms with Gasteiger partial charge in [-0.2, -0.15) is 0 Å². The summed E-state index contributed by atoms with van der Waals surface area (Å²) in [4.78, 5) is 0.134. The molecule has 0 amide bonds. The Hall–Kier alpha value is -2.80. The largest absolute Gasteiger partial charge is 0.496 e. The molecule has 1 N–H and O–H groups in total. The zero-order valence-electron chi connectivity index (χ0n) is 13.2. The van der Waals surface area contributed by atoms with Gasteiger partial charge in [0.1, 0.15) is 5.75 Å². The molecule has 7 heteroatoms. The molecule has 6 nitrogen and oxygen atoms in total. The van der Waals surface area contributed by atoms with E-state index in [0.717, 1.165) is 16.9 Å².